The minimum atomic E-state index is -0.0203. The Kier molecular flexibility index (Phi) is 9.62. The highest BCUT2D eigenvalue weighted by Crippen LogP contribution is 2.28. The van der Waals surface area contributed by atoms with Crippen LogP contribution in [0.15, 0.2) is 27.7 Å². The van der Waals surface area contributed by atoms with Gasteiger partial charge in [-0.1, -0.05) is 22.0 Å². The molecule has 1 saturated carbocycles. The molecule has 1 aromatic rings. The molecule has 6 nitrogen and oxygen atoms in total. The Hall–Kier alpha value is -1.60. The Morgan fingerprint density at radius 2 is 2.15 bits per heavy atom. The monoisotopic (exact) mass is 438 g/mol. The number of hydrogen-bond donors (Lipinski definition) is 3. The van der Waals surface area contributed by atoms with Crippen LogP contribution in [0, 0.1) is 12.8 Å². The molecular formula is C20H31BrN4O2. The van der Waals surface area contributed by atoms with E-state index < -0.39 is 0 Å². The Morgan fingerprint density at radius 1 is 1.33 bits per heavy atom. The highest BCUT2D eigenvalue weighted by Gasteiger charge is 2.20. The largest absolute Gasteiger partial charge is 0.381 e. The van der Waals surface area contributed by atoms with Gasteiger partial charge in [0.25, 0.3) is 0 Å². The van der Waals surface area contributed by atoms with Crippen LogP contribution in [-0.2, 0) is 9.53 Å². The molecule has 0 radical (unpaired) electrons. The fraction of sp³-hybridized carbons (Fsp3) is 0.600. The van der Waals surface area contributed by atoms with E-state index in [0.29, 0.717) is 19.5 Å². The fourth-order valence-electron chi connectivity index (χ4n) is 2.47. The second kappa shape index (κ2) is 12.0. The van der Waals surface area contributed by atoms with Crippen LogP contribution in [0.3, 0.4) is 0 Å². The SMILES string of the molecule is CCNC(=NCCCOCC1CC1)NCCC(=O)Nc1cc(Br)ccc1C. The third-order valence-corrected chi connectivity index (χ3v) is 4.72. The number of carbonyl (C=O) groups excluding carboxylic acids is 1. The van der Waals surface area contributed by atoms with E-state index in [0.717, 1.165) is 53.8 Å². The topological polar surface area (TPSA) is 74.8 Å². The molecule has 0 aromatic heterocycles. The Labute approximate surface area is 170 Å². The molecule has 1 aliphatic rings. The number of nitrogens with one attached hydrogen (secondary N) is 3. The van der Waals surface area contributed by atoms with Crippen molar-refractivity contribution in [3.8, 4) is 0 Å². The van der Waals surface area contributed by atoms with E-state index in [1.165, 1.54) is 12.8 Å². The van der Waals surface area contributed by atoms with Crippen LogP contribution < -0.4 is 16.0 Å². The van der Waals surface area contributed by atoms with Gasteiger partial charge in [-0.25, -0.2) is 0 Å². The molecule has 1 aliphatic carbocycles. The van der Waals surface area contributed by atoms with E-state index in [-0.39, 0.29) is 5.91 Å². The average Bonchev–Trinajstić information content (AvgIpc) is 3.45. The standard InChI is InChI=1S/C20H31BrN4O2/c1-3-22-20(23-10-4-12-27-14-16-6-7-16)24-11-9-19(26)25-18-13-17(21)8-5-15(18)2/h5,8,13,16H,3-4,6-7,9-12,14H2,1-2H3,(H,25,26)(H2,22,23,24). The first-order valence-corrected chi connectivity index (χ1v) is 10.5. The molecule has 0 aliphatic heterocycles. The molecule has 2 rings (SSSR count). The van der Waals surface area contributed by atoms with E-state index in [9.17, 15) is 4.79 Å². The number of rotatable bonds is 11. The van der Waals surface area contributed by atoms with Gasteiger partial charge in [0.2, 0.25) is 5.91 Å². The fourth-order valence-corrected chi connectivity index (χ4v) is 2.83. The summed E-state index contributed by atoms with van der Waals surface area (Å²) < 4.78 is 6.57. The number of nitrogens with zero attached hydrogens (tertiary/aromatic N) is 1. The maximum Gasteiger partial charge on any atom is 0.226 e. The molecular weight excluding hydrogens is 408 g/mol. The van der Waals surface area contributed by atoms with Crippen LogP contribution in [0.2, 0.25) is 0 Å². The van der Waals surface area contributed by atoms with Crippen LogP contribution in [0.4, 0.5) is 5.69 Å². The van der Waals surface area contributed by atoms with Crippen molar-refractivity contribution in [1.29, 1.82) is 0 Å². The van der Waals surface area contributed by atoms with Crippen molar-refractivity contribution in [2.24, 2.45) is 10.9 Å². The molecule has 0 saturated heterocycles. The molecule has 27 heavy (non-hydrogen) atoms. The lowest BCUT2D eigenvalue weighted by atomic mass is 10.2. The summed E-state index contributed by atoms with van der Waals surface area (Å²) in [4.78, 5) is 16.7. The van der Waals surface area contributed by atoms with Crippen LogP contribution in [0.25, 0.3) is 0 Å². The Morgan fingerprint density at radius 3 is 2.89 bits per heavy atom. The van der Waals surface area contributed by atoms with E-state index in [2.05, 4.69) is 36.9 Å². The first-order chi connectivity index (χ1) is 13.1. The smallest absolute Gasteiger partial charge is 0.226 e. The van der Waals surface area contributed by atoms with Crippen LogP contribution in [-0.4, -0.2) is 44.7 Å². The second-order valence-electron chi connectivity index (χ2n) is 6.82. The van der Waals surface area contributed by atoms with Gasteiger partial charge in [0, 0.05) is 49.4 Å². The van der Waals surface area contributed by atoms with Crippen molar-refractivity contribution in [2.75, 3.05) is 38.2 Å². The summed E-state index contributed by atoms with van der Waals surface area (Å²) in [5, 5.41) is 9.36. The maximum atomic E-state index is 12.2. The number of anilines is 1. The van der Waals surface area contributed by atoms with Gasteiger partial charge in [0.05, 0.1) is 0 Å². The number of aliphatic imine (C=N–C) groups is 1. The Balaban J connectivity index is 1.65. The van der Waals surface area contributed by atoms with Crippen LogP contribution in [0.5, 0.6) is 0 Å². The normalized spacial score (nSPS) is 14.1. The molecule has 1 amide bonds. The maximum absolute atomic E-state index is 12.2. The number of amides is 1. The summed E-state index contributed by atoms with van der Waals surface area (Å²) in [5.74, 6) is 1.53. The summed E-state index contributed by atoms with van der Waals surface area (Å²) in [7, 11) is 0. The molecule has 0 unspecified atom stereocenters. The molecule has 1 aromatic carbocycles. The predicted molar refractivity (Wildman–Crippen MR) is 114 cm³/mol. The van der Waals surface area contributed by atoms with Gasteiger partial charge in [-0.05, 0) is 56.7 Å². The first kappa shape index (κ1) is 21.7. The lowest BCUT2D eigenvalue weighted by Crippen LogP contribution is -2.38. The molecule has 150 valence electrons. The van der Waals surface area contributed by atoms with Gasteiger partial charge in [-0.3, -0.25) is 9.79 Å². The summed E-state index contributed by atoms with van der Waals surface area (Å²) in [5.41, 5.74) is 1.87. The van der Waals surface area contributed by atoms with Crippen molar-refractivity contribution in [2.45, 2.75) is 39.5 Å². The predicted octanol–water partition coefficient (Wildman–Crippen LogP) is 3.46. The number of benzene rings is 1. The van der Waals surface area contributed by atoms with Gasteiger partial charge >= 0.3 is 0 Å². The highest BCUT2D eigenvalue weighted by atomic mass is 79.9. The zero-order valence-electron chi connectivity index (χ0n) is 16.3. The summed E-state index contributed by atoms with van der Waals surface area (Å²) in [6.07, 6.45) is 3.93. The van der Waals surface area contributed by atoms with E-state index in [4.69, 9.17) is 4.74 Å². The van der Waals surface area contributed by atoms with E-state index >= 15 is 0 Å². The van der Waals surface area contributed by atoms with Crippen molar-refractivity contribution >= 4 is 33.5 Å². The quantitative estimate of drug-likeness (QED) is 0.281. The lowest BCUT2D eigenvalue weighted by molar-refractivity contribution is -0.116. The highest BCUT2D eigenvalue weighted by molar-refractivity contribution is 9.10. The lowest BCUT2D eigenvalue weighted by Gasteiger charge is -2.12. The molecule has 7 heteroatoms. The van der Waals surface area contributed by atoms with Crippen molar-refractivity contribution in [3.63, 3.8) is 0 Å². The molecule has 1 fully saturated rings. The van der Waals surface area contributed by atoms with Gasteiger partial charge in [-0.2, -0.15) is 0 Å². The molecule has 0 spiro atoms. The number of aryl methyl sites for hydroxylation is 1. The summed E-state index contributed by atoms with van der Waals surface area (Å²) >= 11 is 3.43. The molecule has 3 N–H and O–H groups in total. The zero-order chi connectivity index (χ0) is 19.5. The van der Waals surface area contributed by atoms with Crippen molar-refractivity contribution in [3.05, 3.63) is 28.2 Å². The molecule has 0 bridgehead atoms. The van der Waals surface area contributed by atoms with Gasteiger partial charge in [0.1, 0.15) is 0 Å². The van der Waals surface area contributed by atoms with Gasteiger partial charge < -0.3 is 20.7 Å². The number of ether oxygens (including phenoxy) is 1. The van der Waals surface area contributed by atoms with Crippen LogP contribution >= 0.6 is 15.9 Å². The summed E-state index contributed by atoms with van der Waals surface area (Å²) in [6, 6.07) is 5.85. The van der Waals surface area contributed by atoms with Gasteiger partial charge in [0.15, 0.2) is 5.96 Å². The third-order valence-electron chi connectivity index (χ3n) is 4.23. The number of halogens is 1. The molecule has 0 heterocycles. The number of hydrogen-bond acceptors (Lipinski definition) is 3. The second-order valence-corrected chi connectivity index (χ2v) is 7.73. The van der Waals surface area contributed by atoms with Gasteiger partial charge in [-0.15, -0.1) is 0 Å². The minimum absolute atomic E-state index is 0.0203. The zero-order valence-corrected chi connectivity index (χ0v) is 17.9. The van der Waals surface area contributed by atoms with E-state index in [1.54, 1.807) is 0 Å². The van der Waals surface area contributed by atoms with E-state index in [1.807, 2.05) is 32.0 Å². The molecule has 0 atom stereocenters. The number of guanidine groups is 1. The number of carbonyl (C=O) groups is 1. The third kappa shape index (κ3) is 9.24. The first-order valence-electron chi connectivity index (χ1n) is 9.74. The average molecular weight is 439 g/mol. The van der Waals surface area contributed by atoms with Crippen LogP contribution in [0.1, 0.15) is 38.2 Å². The van der Waals surface area contributed by atoms with Crippen molar-refractivity contribution < 1.29 is 9.53 Å². The summed E-state index contributed by atoms with van der Waals surface area (Å²) in [6.45, 7) is 7.69. The Bertz CT molecular complexity index is 632. The minimum Gasteiger partial charge on any atom is -0.381 e. The van der Waals surface area contributed by atoms with Crippen molar-refractivity contribution in [1.82, 2.24) is 10.6 Å².